The van der Waals surface area contributed by atoms with E-state index < -0.39 is 18.0 Å². The smallest absolute Gasteiger partial charge is 0.333 e. The molecule has 0 saturated carbocycles. The van der Waals surface area contributed by atoms with Gasteiger partial charge in [-0.25, -0.2) is 4.79 Å². The quantitative estimate of drug-likeness (QED) is 0.501. The van der Waals surface area contributed by atoms with Crippen molar-refractivity contribution in [1.29, 1.82) is 0 Å². The summed E-state index contributed by atoms with van der Waals surface area (Å²) in [5.41, 5.74) is 6.47. The van der Waals surface area contributed by atoms with E-state index in [0.29, 0.717) is 0 Å². The van der Waals surface area contributed by atoms with Crippen LogP contribution in [0.5, 0.6) is 0 Å². The zero-order valence-corrected chi connectivity index (χ0v) is 11.6. The van der Waals surface area contributed by atoms with E-state index in [1.54, 1.807) is 0 Å². The fourth-order valence-electron chi connectivity index (χ4n) is 2.04. The maximum Gasteiger partial charge on any atom is 0.333 e. The molecule has 0 aliphatic carbocycles. The van der Waals surface area contributed by atoms with Crippen LogP contribution < -0.4 is 5.73 Å². The molecule has 1 saturated heterocycles. The van der Waals surface area contributed by atoms with Crippen LogP contribution in [0, 0.1) is 0 Å². The molecule has 1 heterocycles. The third-order valence-corrected chi connectivity index (χ3v) is 2.99. The normalized spacial score (nSPS) is 19.0. The third kappa shape index (κ3) is 3.68. The Morgan fingerprint density at radius 1 is 1.38 bits per heavy atom. The van der Waals surface area contributed by atoms with Crippen molar-refractivity contribution in [3.8, 4) is 0 Å². The molecule has 0 bridgehead atoms. The summed E-state index contributed by atoms with van der Waals surface area (Å²) in [6.07, 6.45) is -0.115. The first kappa shape index (κ1) is 14.8. The van der Waals surface area contributed by atoms with Crippen molar-refractivity contribution in [2.45, 2.75) is 26.0 Å². The Morgan fingerprint density at radius 3 is 2.67 bits per heavy atom. The number of amides is 2. The molecule has 1 aromatic rings. The molecule has 0 spiro atoms. The Morgan fingerprint density at radius 2 is 2.05 bits per heavy atom. The third-order valence-electron chi connectivity index (χ3n) is 2.99. The molecule has 21 heavy (non-hydrogen) atoms. The highest BCUT2D eigenvalue weighted by atomic mass is 16.5. The number of allylic oxidation sites excluding steroid dienone is 1. The Balaban J connectivity index is 2.03. The monoisotopic (exact) mass is 288 g/mol. The van der Waals surface area contributed by atoms with E-state index in [9.17, 15) is 14.4 Å². The van der Waals surface area contributed by atoms with Gasteiger partial charge in [-0.1, -0.05) is 30.3 Å². The van der Waals surface area contributed by atoms with Crippen LogP contribution in [0.15, 0.2) is 42.1 Å². The lowest BCUT2D eigenvalue weighted by Gasteiger charge is -2.14. The highest BCUT2D eigenvalue weighted by Crippen LogP contribution is 2.19. The number of carbonyl (C=O) groups is 3. The molecule has 1 aliphatic rings. The van der Waals surface area contributed by atoms with Crippen LogP contribution in [-0.4, -0.2) is 28.8 Å². The van der Waals surface area contributed by atoms with Crippen molar-refractivity contribution >= 4 is 17.8 Å². The fourth-order valence-corrected chi connectivity index (χ4v) is 2.04. The average molecular weight is 288 g/mol. The van der Waals surface area contributed by atoms with Gasteiger partial charge >= 0.3 is 5.97 Å². The molecule has 0 aromatic heterocycles. The lowest BCUT2D eigenvalue weighted by Crippen LogP contribution is -2.33. The zero-order chi connectivity index (χ0) is 15.4. The number of esters is 1. The van der Waals surface area contributed by atoms with Crippen LogP contribution in [0.1, 0.15) is 18.9 Å². The molecular formula is C15H16N2O4. The van der Waals surface area contributed by atoms with Crippen molar-refractivity contribution in [2.75, 3.05) is 0 Å². The lowest BCUT2D eigenvalue weighted by molar-refractivity contribution is -0.152. The van der Waals surface area contributed by atoms with Gasteiger partial charge < -0.3 is 10.5 Å². The fraction of sp³-hybridized carbons (Fsp3) is 0.267. The number of rotatable bonds is 4. The van der Waals surface area contributed by atoms with E-state index in [-0.39, 0.29) is 24.6 Å². The van der Waals surface area contributed by atoms with Gasteiger partial charge in [0.25, 0.3) is 5.91 Å². The van der Waals surface area contributed by atoms with Gasteiger partial charge in [-0.3, -0.25) is 14.5 Å². The molecule has 1 atom stereocenters. The standard InChI is InChI=1S/C15H16N2O4/c1-10(16)7-14(19)21-12-8-13(18)17(15(12)20)9-11-5-3-2-4-6-11/h2-7,12H,8-9,16H2,1H3/b10-7+/t12-/m0/s1. The summed E-state index contributed by atoms with van der Waals surface area (Å²) in [4.78, 5) is 36.6. The molecule has 0 unspecified atom stereocenters. The number of hydrogen-bond donors (Lipinski definition) is 1. The van der Waals surface area contributed by atoms with Crippen molar-refractivity contribution in [1.82, 2.24) is 4.90 Å². The Labute approximate surface area is 122 Å². The van der Waals surface area contributed by atoms with Gasteiger partial charge in [0.1, 0.15) is 0 Å². The predicted molar refractivity (Wildman–Crippen MR) is 74.4 cm³/mol. The van der Waals surface area contributed by atoms with Crippen LogP contribution in [0.2, 0.25) is 0 Å². The lowest BCUT2D eigenvalue weighted by atomic mass is 10.2. The number of imide groups is 1. The van der Waals surface area contributed by atoms with Crippen molar-refractivity contribution < 1.29 is 19.1 Å². The molecule has 110 valence electrons. The van der Waals surface area contributed by atoms with Gasteiger partial charge in [0.2, 0.25) is 5.91 Å². The second kappa shape index (κ2) is 6.21. The van der Waals surface area contributed by atoms with E-state index in [0.717, 1.165) is 16.5 Å². The van der Waals surface area contributed by atoms with Crippen molar-refractivity contribution in [3.63, 3.8) is 0 Å². The maximum absolute atomic E-state index is 12.1. The van der Waals surface area contributed by atoms with E-state index in [2.05, 4.69) is 0 Å². The molecule has 2 amide bonds. The first-order valence-electron chi connectivity index (χ1n) is 6.50. The molecule has 6 nitrogen and oxygen atoms in total. The number of hydrogen-bond acceptors (Lipinski definition) is 5. The van der Waals surface area contributed by atoms with E-state index >= 15 is 0 Å². The van der Waals surface area contributed by atoms with E-state index in [4.69, 9.17) is 10.5 Å². The van der Waals surface area contributed by atoms with Crippen molar-refractivity contribution in [2.24, 2.45) is 5.73 Å². The number of nitrogens with zero attached hydrogens (tertiary/aromatic N) is 1. The summed E-state index contributed by atoms with van der Waals surface area (Å²) < 4.78 is 4.97. The molecule has 2 rings (SSSR count). The summed E-state index contributed by atoms with van der Waals surface area (Å²) in [6, 6.07) is 9.14. The minimum Gasteiger partial charge on any atom is -0.448 e. The number of carbonyl (C=O) groups excluding carboxylic acids is 3. The minimum absolute atomic E-state index is 0.130. The number of nitrogens with two attached hydrogens (primary N) is 1. The summed E-state index contributed by atoms with van der Waals surface area (Å²) >= 11 is 0. The minimum atomic E-state index is -1.07. The topological polar surface area (TPSA) is 89.7 Å². The van der Waals surface area contributed by atoms with Gasteiger partial charge in [0, 0.05) is 11.8 Å². The molecule has 6 heteroatoms. The van der Waals surface area contributed by atoms with Crippen LogP contribution >= 0.6 is 0 Å². The molecule has 1 aromatic carbocycles. The van der Waals surface area contributed by atoms with Crippen LogP contribution in [-0.2, 0) is 25.7 Å². The van der Waals surface area contributed by atoms with Gasteiger partial charge in [0.05, 0.1) is 13.0 Å². The van der Waals surface area contributed by atoms with Crippen LogP contribution in [0.3, 0.4) is 0 Å². The SMILES string of the molecule is C/C(N)=C\C(=O)O[C@H]1CC(=O)N(Cc2ccccc2)C1=O. The van der Waals surface area contributed by atoms with E-state index in [1.165, 1.54) is 6.92 Å². The van der Waals surface area contributed by atoms with Crippen LogP contribution in [0.4, 0.5) is 0 Å². The number of benzene rings is 1. The highest BCUT2D eigenvalue weighted by Gasteiger charge is 2.40. The van der Waals surface area contributed by atoms with E-state index in [1.807, 2.05) is 30.3 Å². The molecule has 1 aliphatic heterocycles. The molecule has 2 N–H and O–H groups in total. The predicted octanol–water partition coefficient (Wildman–Crippen LogP) is 0.720. The first-order valence-corrected chi connectivity index (χ1v) is 6.50. The van der Waals surface area contributed by atoms with Gasteiger partial charge in [-0.15, -0.1) is 0 Å². The Hall–Kier alpha value is -2.63. The zero-order valence-electron chi connectivity index (χ0n) is 11.6. The molecule has 1 fully saturated rings. The largest absolute Gasteiger partial charge is 0.448 e. The molecular weight excluding hydrogens is 272 g/mol. The Bertz CT molecular complexity index is 591. The van der Waals surface area contributed by atoms with Gasteiger partial charge in [-0.2, -0.15) is 0 Å². The van der Waals surface area contributed by atoms with Gasteiger partial charge in [-0.05, 0) is 12.5 Å². The summed E-state index contributed by atoms with van der Waals surface area (Å²) in [6.45, 7) is 1.71. The number of likely N-dealkylation sites (tertiary alicyclic amines) is 1. The van der Waals surface area contributed by atoms with Gasteiger partial charge in [0.15, 0.2) is 6.10 Å². The Kier molecular flexibility index (Phi) is 4.37. The second-order valence-electron chi connectivity index (χ2n) is 4.82. The maximum atomic E-state index is 12.1. The summed E-state index contributed by atoms with van der Waals surface area (Å²) in [5, 5.41) is 0. The highest BCUT2D eigenvalue weighted by molar-refractivity contribution is 6.05. The summed E-state index contributed by atoms with van der Waals surface area (Å²) in [7, 11) is 0. The second-order valence-corrected chi connectivity index (χ2v) is 4.82. The first-order chi connectivity index (χ1) is 9.97. The van der Waals surface area contributed by atoms with Crippen LogP contribution in [0.25, 0.3) is 0 Å². The van der Waals surface area contributed by atoms with Crippen molar-refractivity contribution in [3.05, 3.63) is 47.7 Å². The molecule has 0 radical (unpaired) electrons. The summed E-state index contributed by atoms with van der Waals surface area (Å²) in [5.74, 6) is -1.57. The number of ether oxygens (including phenoxy) is 1. The average Bonchev–Trinajstić information content (AvgIpc) is 2.67.